The molecule has 0 N–H and O–H groups in total. The molecule has 0 spiro atoms. The Kier molecular flexibility index (Phi) is 18.3. The molecule has 0 aliphatic heterocycles. The monoisotopic (exact) mass is 838 g/mol. The molecule has 0 fully saturated rings. The minimum atomic E-state index is -8.89. The number of likely N-dealkylation sites (N-methyl/N-ethyl adjacent to an activating group) is 1. The molecular formula is C24H36ClF17N2O6S. The van der Waals surface area contributed by atoms with Gasteiger partial charge in [0.25, 0.3) is 10.0 Å². The van der Waals surface area contributed by atoms with Crippen LogP contribution in [0.5, 0.6) is 0 Å². The predicted octanol–water partition coefficient (Wildman–Crippen LogP) is 2.77. The van der Waals surface area contributed by atoms with Crippen molar-refractivity contribution in [3.05, 3.63) is 0 Å². The number of sulfonamides is 1. The van der Waals surface area contributed by atoms with Crippen LogP contribution in [0, 0.1) is 0 Å². The summed E-state index contributed by atoms with van der Waals surface area (Å²) in [6, 6.07) is -1.94. The van der Waals surface area contributed by atoms with Crippen LogP contribution < -0.4 is 12.4 Å². The largest absolute Gasteiger partial charge is 1.00 e. The first-order valence-electron chi connectivity index (χ1n) is 13.9. The van der Waals surface area contributed by atoms with Gasteiger partial charge in [-0.25, -0.2) is 8.42 Å². The van der Waals surface area contributed by atoms with Crippen molar-refractivity contribution in [3.8, 4) is 0 Å². The van der Waals surface area contributed by atoms with Gasteiger partial charge in [-0.15, -0.1) is 0 Å². The first-order chi connectivity index (χ1) is 22.0. The normalized spacial score (nSPS) is 15.1. The number of rotatable bonds is 24. The Morgan fingerprint density at radius 2 is 0.804 bits per heavy atom. The molecule has 0 bridgehead atoms. The maximum atomic E-state index is 14.6. The molecule has 51 heavy (non-hydrogen) atoms. The summed E-state index contributed by atoms with van der Waals surface area (Å²) >= 11 is 0. The van der Waals surface area contributed by atoms with Gasteiger partial charge in [0.1, 0.15) is 6.54 Å². The Hall–Kier alpha value is -1.19. The molecule has 0 amide bonds. The Morgan fingerprint density at radius 3 is 1.12 bits per heavy atom. The van der Waals surface area contributed by atoms with Crippen LogP contribution in [0.3, 0.4) is 0 Å². The number of hydrogen-bond acceptors (Lipinski definition) is 6. The van der Waals surface area contributed by atoms with Gasteiger partial charge in [0, 0.05) is 12.6 Å². The van der Waals surface area contributed by atoms with E-state index in [1.165, 1.54) is 0 Å². The second-order valence-electron chi connectivity index (χ2n) is 11.6. The van der Waals surface area contributed by atoms with Crippen molar-refractivity contribution in [1.29, 1.82) is 0 Å². The van der Waals surface area contributed by atoms with E-state index < -0.39 is 87.1 Å². The van der Waals surface area contributed by atoms with E-state index in [1.54, 1.807) is 0 Å². The van der Waals surface area contributed by atoms with Gasteiger partial charge in [-0.1, -0.05) is 0 Å². The van der Waals surface area contributed by atoms with Crippen molar-refractivity contribution < 1.29 is 119 Å². The van der Waals surface area contributed by atoms with E-state index in [2.05, 4.69) is 0 Å². The average Bonchev–Trinajstić information content (AvgIpc) is 2.92. The highest BCUT2D eigenvalue weighted by atomic mass is 35.5. The SMILES string of the molecule is CC(C)N(CCOCCOCCOCCOCC[N+](C)(C)C)S(=O)(=O)C(F)(F)C(F)(F)C(F)(F)C(F)(F)C(F)(F)C(F)(F)C(F)(F)C(F)(F)F.[Cl-]. The van der Waals surface area contributed by atoms with Crippen LogP contribution >= 0.6 is 0 Å². The third-order valence-electron chi connectivity index (χ3n) is 6.38. The Labute approximate surface area is 287 Å². The van der Waals surface area contributed by atoms with E-state index in [-0.39, 0.29) is 45.4 Å². The zero-order valence-electron chi connectivity index (χ0n) is 27.2. The van der Waals surface area contributed by atoms with Crippen LogP contribution in [0.2, 0.25) is 0 Å². The molecule has 8 nitrogen and oxygen atoms in total. The average molecular weight is 839 g/mol. The third-order valence-corrected chi connectivity index (χ3v) is 8.51. The number of nitrogens with zero attached hydrogens (tertiary/aromatic N) is 2. The molecule has 0 aromatic carbocycles. The van der Waals surface area contributed by atoms with Crippen molar-refractivity contribution in [2.45, 2.75) is 66.9 Å². The lowest BCUT2D eigenvalue weighted by molar-refractivity contribution is -0.870. The molecule has 0 radical (unpaired) electrons. The fourth-order valence-corrected chi connectivity index (χ4v) is 4.99. The van der Waals surface area contributed by atoms with Crippen LogP contribution in [0.4, 0.5) is 74.6 Å². The zero-order valence-corrected chi connectivity index (χ0v) is 28.8. The van der Waals surface area contributed by atoms with E-state index >= 15 is 0 Å². The highest BCUT2D eigenvalue weighted by Crippen LogP contribution is 2.64. The smallest absolute Gasteiger partial charge is 0.460 e. The Bertz CT molecular complexity index is 1170. The highest BCUT2D eigenvalue weighted by Gasteiger charge is 2.96. The minimum Gasteiger partial charge on any atom is -1.00 e. The third kappa shape index (κ3) is 11.0. The molecule has 0 aromatic rings. The van der Waals surface area contributed by atoms with Gasteiger partial charge in [-0.2, -0.15) is 78.9 Å². The topological polar surface area (TPSA) is 74.3 Å². The van der Waals surface area contributed by atoms with Gasteiger partial charge in [-0.05, 0) is 13.8 Å². The van der Waals surface area contributed by atoms with Gasteiger partial charge in [0.05, 0.1) is 74.0 Å². The Balaban J connectivity index is 0. The van der Waals surface area contributed by atoms with Crippen LogP contribution in [0.25, 0.3) is 0 Å². The summed E-state index contributed by atoms with van der Waals surface area (Å²) in [6.45, 7) is -0.244. The van der Waals surface area contributed by atoms with Gasteiger partial charge in [0.15, 0.2) is 0 Å². The molecule has 0 aliphatic rings. The van der Waals surface area contributed by atoms with Crippen LogP contribution in [-0.2, 0) is 29.0 Å². The zero-order chi connectivity index (χ0) is 40.1. The lowest BCUT2D eigenvalue weighted by Gasteiger charge is -2.43. The second kappa shape index (κ2) is 18.0. The highest BCUT2D eigenvalue weighted by molar-refractivity contribution is 7.90. The van der Waals surface area contributed by atoms with E-state index in [0.29, 0.717) is 24.9 Å². The van der Waals surface area contributed by atoms with E-state index in [0.717, 1.165) is 6.54 Å². The molecule has 0 aliphatic carbocycles. The summed E-state index contributed by atoms with van der Waals surface area (Å²) in [5.74, 6) is -51.9. The molecule has 0 rings (SSSR count). The number of ether oxygens (including phenoxy) is 4. The van der Waals surface area contributed by atoms with Crippen molar-refractivity contribution in [2.24, 2.45) is 0 Å². The predicted molar refractivity (Wildman–Crippen MR) is 138 cm³/mol. The van der Waals surface area contributed by atoms with Crippen molar-refractivity contribution >= 4 is 10.0 Å². The molecule has 27 heteroatoms. The second-order valence-corrected chi connectivity index (χ2v) is 13.6. The maximum absolute atomic E-state index is 14.6. The summed E-state index contributed by atoms with van der Waals surface area (Å²) in [5.41, 5.74) is 0. The molecular weight excluding hydrogens is 803 g/mol. The molecule has 0 atom stereocenters. The van der Waals surface area contributed by atoms with Crippen molar-refractivity contribution in [2.75, 3.05) is 87.1 Å². The first-order valence-corrected chi connectivity index (χ1v) is 15.3. The lowest BCUT2D eigenvalue weighted by atomic mass is 9.91. The Morgan fingerprint density at radius 1 is 0.510 bits per heavy atom. The summed E-state index contributed by atoms with van der Waals surface area (Å²) < 4.78 is 276. The maximum Gasteiger partial charge on any atom is 0.460 e. The number of alkyl halides is 17. The standard InChI is InChI=1S/C24H36F17N2O6S.ClH/c1-16(2)42(6-8-46-10-12-48-14-15-49-13-11-47-9-7-43(3,4)5)50(44,45)24(40,41)22(35,36)20(31,32)18(27,28)17(25,26)19(29,30)21(33,34)23(37,38)39;/h16H,6-15H2,1-5H3;1H/q+1;/p-1. The van der Waals surface area contributed by atoms with Crippen LogP contribution in [0.15, 0.2) is 0 Å². The molecule has 0 saturated heterocycles. The van der Waals surface area contributed by atoms with Crippen molar-refractivity contribution in [3.63, 3.8) is 0 Å². The minimum absolute atomic E-state index is 0. The number of halogens is 18. The molecule has 0 saturated carbocycles. The first kappa shape index (κ1) is 51.9. The fraction of sp³-hybridized carbons (Fsp3) is 1.00. The van der Waals surface area contributed by atoms with Gasteiger partial charge < -0.3 is 35.8 Å². The lowest BCUT2D eigenvalue weighted by Crippen LogP contribution is -3.00. The van der Waals surface area contributed by atoms with E-state index in [4.69, 9.17) is 18.9 Å². The van der Waals surface area contributed by atoms with Crippen molar-refractivity contribution in [1.82, 2.24) is 4.31 Å². The molecule has 0 heterocycles. The van der Waals surface area contributed by atoms with E-state index in [1.807, 2.05) is 21.1 Å². The molecule has 0 unspecified atom stereocenters. The van der Waals surface area contributed by atoms with Crippen LogP contribution in [0.1, 0.15) is 13.8 Å². The van der Waals surface area contributed by atoms with Gasteiger partial charge in [0.2, 0.25) is 0 Å². The summed E-state index contributed by atoms with van der Waals surface area (Å²) in [7, 11) is -1.55. The summed E-state index contributed by atoms with van der Waals surface area (Å²) in [6.07, 6.45) is -7.90. The van der Waals surface area contributed by atoms with Gasteiger partial charge in [-0.3, -0.25) is 0 Å². The number of hydrogen-bond donors (Lipinski definition) is 0. The van der Waals surface area contributed by atoms with Crippen LogP contribution in [-0.4, -0.2) is 157 Å². The molecule has 0 aromatic heterocycles. The van der Waals surface area contributed by atoms with E-state index in [9.17, 15) is 83.1 Å². The summed E-state index contributed by atoms with van der Waals surface area (Å²) in [5, 5.41) is -7.63. The molecule has 310 valence electrons. The van der Waals surface area contributed by atoms with Gasteiger partial charge >= 0.3 is 47.0 Å². The summed E-state index contributed by atoms with van der Waals surface area (Å²) in [4.78, 5) is 0. The number of quaternary nitrogens is 1. The fourth-order valence-electron chi connectivity index (χ4n) is 3.37. The quantitative estimate of drug-likeness (QED) is 0.0848.